The van der Waals surface area contributed by atoms with Crippen molar-refractivity contribution in [1.29, 1.82) is 0 Å². The molecule has 1 N–H and O–H groups in total. The van der Waals surface area contributed by atoms with E-state index in [1.54, 1.807) is 6.26 Å². The number of carbonyl (C=O) groups excluding carboxylic acids is 1. The van der Waals surface area contributed by atoms with Crippen molar-refractivity contribution >= 4 is 45.4 Å². The highest BCUT2D eigenvalue weighted by molar-refractivity contribution is 9.08. The van der Waals surface area contributed by atoms with Gasteiger partial charge in [0.1, 0.15) is 5.82 Å². The Morgan fingerprint density at radius 1 is 1.67 bits per heavy atom. The van der Waals surface area contributed by atoms with Crippen molar-refractivity contribution < 1.29 is 9.18 Å². The number of halogens is 3. The molecule has 0 aromatic heterocycles. The highest BCUT2D eigenvalue weighted by Gasteiger charge is 2.14. The quantitative estimate of drug-likeness (QED) is 0.685. The highest BCUT2D eigenvalue weighted by Crippen LogP contribution is 2.23. The number of alkyl halides is 1. The van der Waals surface area contributed by atoms with Gasteiger partial charge in [-0.25, -0.2) is 4.39 Å². The second-order valence-corrected chi connectivity index (χ2v) is 4.27. The van der Waals surface area contributed by atoms with Crippen LogP contribution in [0.1, 0.15) is 15.9 Å². The van der Waals surface area contributed by atoms with Crippen LogP contribution in [0.3, 0.4) is 0 Å². The molecular weight excluding hydrogens is 305 g/mol. The zero-order valence-corrected chi connectivity index (χ0v) is 11.0. The third-order valence-corrected chi connectivity index (χ3v) is 3.06. The molecule has 0 saturated carbocycles. The Bertz CT molecular complexity index is 389. The van der Waals surface area contributed by atoms with Gasteiger partial charge in [-0.1, -0.05) is 39.5 Å². The van der Waals surface area contributed by atoms with Gasteiger partial charge in [0.05, 0.1) is 5.56 Å². The summed E-state index contributed by atoms with van der Waals surface area (Å²) in [7, 11) is 0. The smallest absolute Gasteiger partial charge is 0.264 e. The fourth-order valence-corrected chi connectivity index (χ4v) is 2.16. The van der Waals surface area contributed by atoms with Gasteiger partial charge < -0.3 is 0 Å². The summed E-state index contributed by atoms with van der Waals surface area (Å²) in [5, 5.41) is 0.826. The largest absolute Gasteiger partial charge is 0.296 e. The molecule has 1 amide bonds. The topological polar surface area (TPSA) is 29.1 Å². The Morgan fingerprint density at radius 3 is 2.87 bits per heavy atom. The minimum Gasteiger partial charge on any atom is -0.296 e. The maximum Gasteiger partial charge on any atom is 0.264 e. The van der Waals surface area contributed by atoms with Gasteiger partial charge >= 0.3 is 0 Å². The van der Waals surface area contributed by atoms with Crippen molar-refractivity contribution in [2.45, 2.75) is 5.33 Å². The first kappa shape index (κ1) is 12.8. The highest BCUT2D eigenvalue weighted by atomic mass is 79.9. The van der Waals surface area contributed by atoms with E-state index >= 15 is 0 Å². The fraction of sp³-hybridized carbons (Fsp3) is 0.222. The molecule has 0 fully saturated rings. The minimum atomic E-state index is -0.569. The standard InChI is InChI=1S/C9H8BrClFNOS/c1-15-13-9(14)6-3-7(11)5(4-10)2-8(6)12/h2-3H,4H2,1H3,(H,13,14). The van der Waals surface area contributed by atoms with Gasteiger partial charge in [0.2, 0.25) is 0 Å². The Labute approximate surface area is 105 Å². The Hall–Kier alpha value is -0.260. The molecule has 0 radical (unpaired) electrons. The molecular formula is C9H8BrClFNOS. The lowest BCUT2D eigenvalue weighted by molar-refractivity contribution is 0.0980. The maximum atomic E-state index is 13.4. The minimum absolute atomic E-state index is 0.0425. The van der Waals surface area contributed by atoms with Crippen molar-refractivity contribution in [2.24, 2.45) is 0 Å². The lowest BCUT2D eigenvalue weighted by atomic mass is 10.1. The van der Waals surface area contributed by atoms with E-state index in [0.29, 0.717) is 15.9 Å². The van der Waals surface area contributed by atoms with Crippen LogP contribution in [-0.4, -0.2) is 12.2 Å². The van der Waals surface area contributed by atoms with E-state index in [1.165, 1.54) is 12.1 Å². The summed E-state index contributed by atoms with van der Waals surface area (Å²) in [6, 6.07) is 2.59. The lowest BCUT2D eigenvalue weighted by Crippen LogP contribution is -2.17. The first-order chi connectivity index (χ1) is 7.10. The van der Waals surface area contributed by atoms with E-state index in [0.717, 1.165) is 11.9 Å². The van der Waals surface area contributed by atoms with Crippen molar-refractivity contribution in [3.63, 3.8) is 0 Å². The number of hydrogen-bond acceptors (Lipinski definition) is 2. The van der Waals surface area contributed by atoms with Crippen molar-refractivity contribution in [3.8, 4) is 0 Å². The number of nitrogens with one attached hydrogen (secondary N) is 1. The predicted octanol–water partition coefficient (Wildman–Crippen LogP) is 3.38. The van der Waals surface area contributed by atoms with Gasteiger partial charge in [0.15, 0.2) is 0 Å². The summed E-state index contributed by atoms with van der Waals surface area (Å²) in [4.78, 5) is 11.4. The number of hydrogen-bond donors (Lipinski definition) is 1. The SMILES string of the molecule is CSNC(=O)c1cc(Cl)c(CBr)cc1F. The molecule has 1 rings (SSSR count). The molecule has 6 heteroatoms. The van der Waals surface area contributed by atoms with Crippen LogP contribution in [0.15, 0.2) is 12.1 Å². The third kappa shape index (κ3) is 3.09. The first-order valence-corrected chi connectivity index (χ1v) is 6.69. The molecule has 0 aliphatic rings. The van der Waals surface area contributed by atoms with Gasteiger partial charge in [-0.3, -0.25) is 9.52 Å². The molecule has 2 nitrogen and oxygen atoms in total. The summed E-state index contributed by atoms with van der Waals surface area (Å²) >= 11 is 10.2. The second kappa shape index (κ2) is 5.72. The molecule has 0 aliphatic carbocycles. The monoisotopic (exact) mass is 311 g/mol. The van der Waals surface area contributed by atoms with Crippen molar-refractivity contribution in [2.75, 3.05) is 6.26 Å². The van der Waals surface area contributed by atoms with E-state index in [1.807, 2.05) is 0 Å². The molecule has 0 spiro atoms. The summed E-state index contributed by atoms with van der Waals surface area (Å²) in [6.45, 7) is 0. The van der Waals surface area contributed by atoms with Crippen LogP contribution >= 0.6 is 39.5 Å². The fourth-order valence-electron chi connectivity index (χ4n) is 1.01. The molecule has 0 saturated heterocycles. The van der Waals surface area contributed by atoms with Crippen LogP contribution in [0.25, 0.3) is 0 Å². The average molecular weight is 313 g/mol. The van der Waals surface area contributed by atoms with E-state index in [9.17, 15) is 9.18 Å². The maximum absolute atomic E-state index is 13.4. The van der Waals surface area contributed by atoms with Crippen LogP contribution in [0.4, 0.5) is 4.39 Å². The average Bonchev–Trinajstić information content (AvgIpc) is 2.21. The summed E-state index contributed by atoms with van der Waals surface area (Å²) in [5.41, 5.74) is 0.578. The van der Waals surface area contributed by atoms with Crippen LogP contribution in [0.2, 0.25) is 5.02 Å². The van der Waals surface area contributed by atoms with Crippen LogP contribution in [0.5, 0.6) is 0 Å². The number of carbonyl (C=O) groups is 1. The number of benzene rings is 1. The van der Waals surface area contributed by atoms with Crippen LogP contribution in [-0.2, 0) is 5.33 Å². The van der Waals surface area contributed by atoms with Crippen molar-refractivity contribution in [3.05, 3.63) is 34.1 Å². The van der Waals surface area contributed by atoms with Gasteiger partial charge in [0.25, 0.3) is 5.91 Å². The molecule has 1 aromatic carbocycles. The van der Waals surface area contributed by atoms with Crippen LogP contribution < -0.4 is 4.72 Å². The molecule has 0 atom stereocenters. The first-order valence-electron chi connectivity index (χ1n) is 3.97. The normalized spacial score (nSPS) is 10.1. The molecule has 0 bridgehead atoms. The van der Waals surface area contributed by atoms with E-state index in [-0.39, 0.29) is 5.56 Å². The van der Waals surface area contributed by atoms with Gasteiger partial charge in [-0.05, 0) is 17.7 Å². The zero-order chi connectivity index (χ0) is 11.4. The Balaban J connectivity index is 3.10. The lowest BCUT2D eigenvalue weighted by Gasteiger charge is -2.06. The summed E-state index contributed by atoms with van der Waals surface area (Å²) in [5.74, 6) is -1.05. The molecule has 0 heterocycles. The number of rotatable bonds is 3. The van der Waals surface area contributed by atoms with E-state index in [2.05, 4.69) is 20.7 Å². The molecule has 0 unspecified atom stereocenters. The zero-order valence-electron chi connectivity index (χ0n) is 7.81. The Morgan fingerprint density at radius 2 is 2.33 bits per heavy atom. The second-order valence-electron chi connectivity index (χ2n) is 2.69. The van der Waals surface area contributed by atoms with Gasteiger partial charge in [-0.15, -0.1) is 0 Å². The van der Waals surface area contributed by atoms with Crippen molar-refractivity contribution in [1.82, 2.24) is 4.72 Å². The Kier molecular flexibility index (Phi) is 4.89. The third-order valence-electron chi connectivity index (χ3n) is 1.72. The molecule has 0 aliphatic heterocycles. The summed E-state index contributed by atoms with van der Waals surface area (Å²) in [6.07, 6.45) is 1.68. The predicted molar refractivity (Wildman–Crippen MR) is 65.0 cm³/mol. The van der Waals surface area contributed by atoms with Gasteiger partial charge in [0, 0.05) is 16.6 Å². The molecule has 15 heavy (non-hydrogen) atoms. The van der Waals surface area contributed by atoms with E-state index < -0.39 is 11.7 Å². The van der Waals surface area contributed by atoms with Gasteiger partial charge in [-0.2, -0.15) is 0 Å². The van der Waals surface area contributed by atoms with Crippen LogP contribution in [0, 0.1) is 5.82 Å². The number of amides is 1. The van der Waals surface area contributed by atoms with E-state index in [4.69, 9.17) is 11.6 Å². The summed E-state index contributed by atoms with van der Waals surface area (Å²) < 4.78 is 15.9. The molecule has 1 aromatic rings. The molecule has 82 valence electrons.